The van der Waals surface area contributed by atoms with Crippen LogP contribution in [0.3, 0.4) is 0 Å². The molecule has 0 unspecified atom stereocenters. The van der Waals surface area contributed by atoms with Crippen LogP contribution in [-0.2, 0) is 28.6 Å². The normalized spacial score (nSPS) is 11.5. The first-order valence-electron chi connectivity index (χ1n) is 8.50. The number of hydrogen-bond donors (Lipinski definition) is 2. The number of carbonyl (C=O) groups is 2. The molecule has 0 fully saturated rings. The van der Waals surface area contributed by atoms with E-state index in [9.17, 15) is 19.5 Å². The molecule has 3 aromatic rings. The van der Waals surface area contributed by atoms with E-state index in [4.69, 9.17) is 0 Å². The van der Waals surface area contributed by atoms with Crippen molar-refractivity contribution in [2.75, 3.05) is 5.32 Å². The molecule has 0 saturated heterocycles. The van der Waals surface area contributed by atoms with Gasteiger partial charge in [-0.15, -0.1) is 0 Å². The number of imidazole rings is 1. The molecule has 27 heavy (non-hydrogen) atoms. The van der Waals surface area contributed by atoms with Gasteiger partial charge in [0.05, 0.1) is 16.4 Å². The first-order valence-corrected chi connectivity index (χ1v) is 8.50. The first kappa shape index (κ1) is 18.4. The highest BCUT2D eigenvalue weighted by atomic mass is 16.4. The Morgan fingerprint density at radius 1 is 1.04 bits per heavy atom. The Labute approximate surface area is 155 Å². The summed E-state index contributed by atoms with van der Waals surface area (Å²) in [7, 11) is 1.67. The quantitative estimate of drug-likeness (QED) is 0.724. The maximum Gasteiger partial charge on any atom is 0.329 e. The number of hydrogen-bond acceptors (Lipinski definition) is 3. The highest BCUT2D eigenvalue weighted by Crippen LogP contribution is 2.24. The van der Waals surface area contributed by atoms with E-state index in [-0.39, 0.29) is 18.1 Å². The molecule has 7 heteroatoms. The number of fused-ring (bicyclic) bond motifs is 1. The summed E-state index contributed by atoms with van der Waals surface area (Å²) >= 11 is 0. The van der Waals surface area contributed by atoms with Crippen LogP contribution in [0.4, 0.5) is 5.69 Å². The lowest BCUT2D eigenvalue weighted by Crippen LogP contribution is -2.29. The molecule has 1 heterocycles. The Bertz CT molecular complexity index is 1070. The second kappa shape index (κ2) is 6.75. The Balaban J connectivity index is 1.79. The van der Waals surface area contributed by atoms with Crippen LogP contribution in [0.5, 0.6) is 0 Å². The molecule has 0 aliphatic heterocycles. The third-order valence-corrected chi connectivity index (χ3v) is 4.78. The average Bonchev–Trinajstić information content (AvgIpc) is 2.87. The van der Waals surface area contributed by atoms with E-state index in [1.165, 1.54) is 9.13 Å². The molecule has 140 valence electrons. The van der Waals surface area contributed by atoms with Crippen LogP contribution in [0.15, 0.2) is 53.3 Å². The van der Waals surface area contributed by atoms with Crippen LogP contribution in [0.1, 0.15) is 19.4 Å². The maximum atomic E-state index is 12.4. The Morgan fingerprint density at radius 2 is 1.63 bits per heavy atom. The van der Waals surface area contributed by atoms with Crippen molar-refractivity contribution in [1.82, 2.24) is 9.13 Å². The van der Waals surface area contributed by atoms with Crippen molar-refractivity contribution < 1.29 is 14.7 Å². The molecule has 3 rings (SSSR count). The molecule has 0 aliphatic carbocycles. The number of nitrogens with one attached hydrogen (secondary N) is 1. The predicted octanol–water partition coefficient (Wildman–Crippen LogP) is 2.34. The number of anilines is 1. The van der Waals surface area contributed by atoms with Gasteiger partial charge >= 0.3 is 11.7 Å². The molecule has 0 spiro atoms. The largest absolute Gasteiger partial charge is 0.481 e. The monoisotopic (exact) mass is 367 g/mol. The van der Waals surface area contributed by atoms with Crippen molar-refractivity contribution in [2.45, 2.75) is 25.8 Å². The van der Waals surface area contributed by atoms with Crippen molar-refractivity contribution in [3.05, 3.63) is 64.6 Å². The lowest BCUT2D eigenvalue weighted by atomic mass is 9.85. The van der Waals surface area contributed by atoms with Gasteiger partial charge in [0.1, 0.15) is 6.54 Å². The lowest BCUT2D eigenvalue weighted by Gasteiger charge is -2.19. The van der Waals surface area contributed by atoms with Crippen molar-refractivity contribution in [3.8, 4) is 0 Å². The van der Waals surface area contributed by atoms with Crippen LogP contribution in [0.25, 0.3) is 11.0 Å². The minimum absolute atomic E-state index is 0.109. The number of nitrogens with zero attached hydrogens (tertiary/aromatic N) is 2. The molecule has 0 aliphatic rings. The fraction of sp³-hybridized carbons (Fsp3) is 0.250. The predicted molar refractivity (Wildman–Crippen MR) is 103 cm³/mol. The zero-order chi connectivity index (χ0) is 19.8. The van der Waals surface area contributed by atoms with Crippen molar-refractivity contribution in [3.63, 3.8) is 0 Å². The van der Waals surface area contributed by atoms with Gasteiger partial charge in [0.15, 0.2) is 0 Å². The summed E-state index contributed by atoms with van der Waals surface area (Å²) < 4.78 is 2.93. The molecule has 2 N–H and O–H groups in total. The molecule has 2 aromatic carbocycles. The third-order valence-electron chi connectivity index (χ3n) is 4.78. The van der Waals surface area contributed by atoms with E-state index >= 15 is 0 Å². The second-order valence-electron chi connectivity index (χ2n) is 6.97. The minimum Gasteiger partial charge on any atom is -0.481 e. The topological polar surface area (TPSA) is 93.3 Å². The van der Waals surface area contributed by atoms with E-state index in [1.807, 2.05) is 18.2 Å². The maximum absolute atomic E-state index is 12.4. The summed E-state index contributed by atoms with van der Waals surface area (Å²) in [5.41, 5.74) is 1.36. The van der Waals surface area contributed by atoms with Crippen LogP contribution < -0.4 is 11.0 Å². The van der Waals surface area contributed by atoms with E-state index in [0.29, 0.717) is 16.8 Å². The van der Waals surface area contributed by atoms with Crippen molar-refractivity contribution >= 4 is 28.6 Å². The Morgan fingerprint density at radius 3 is 2.22 bits per heavy atom. The zero-order valence-corrected chi connectivity index (χ0v) is 15.4. The fourth-order valence-corrected chi connectivity index (χ4v) is 2.95. The summed E-state index contributed by atoms with van der Waals surface area (Å²) in [6.07, 6.45) is 0. The lowest BCUT2D eigenvalue weighted by molar-refractivity contribution is -0.142. The number of carbonyl (C=O) groups excluding carboxylic acids is 1. The summed E-state index contributed by atoms with van der Waals surface area (Å²) in [6.45, 7) is 3.13. The highest BCUT2D eigenvalue weighted by molar-refractivity contribution is 5.91. The minimum atomic E-state index is -1.02. The summed E-state index contributed by atoms with van der Waals surface area (Å²) in [4.78, 5) is 36.1. The van der Waals surface area contributed by atoms with Gasteiger partial charge in [0.2, 0.25) is 5.91 Å². The highest BCUT2D eigenvalue weighted by Gasteiger charge is 2.29. The molecule has 0 atom stereocenters. The van der Waals surface area contributed by atoms with Crippen LogP contribution in [-0.4, -0.2) is 26.1 Å². The van der Waals surface area contributed by atoms with Gasteiger partial charge in [-0.2, -0.15) is 0 Å². The molecule has 0 saturated carbocycles. The molecule has 7 nitrogen and oxygen atoms in total. The second-order valence-corrected chi connectivity index (χ2v) is 6.97. The standard InChI is InChI=1S/C20H21N3O4/c1-20(2,18(25)26)13-8-10-14(11-9-13)21-17(24)12-23-16-7-5-4-6-15(16)22(3)19(23)27/h4-11H,12H2,1-3H3,(H,21,24)(H,25,26). The summed E-state index contributed by atoms with van der Waals surface area (Å²) in [5.74, 6) is -1.26. The smallest absolute Gasteiger partial charge is 0.329 e. The van der Waals surface area contributed by atoms with Crippen molar-refractivity contribution in [2.24, 2.45) is 7.05 Å². The van der Waals surface area contributed by atoms with Gasteiger partial charge < -0.3 is 10.4 Å². The fourth-order valence-electron chi connectivity index (χ4n) is 2.95. The SMILES string of the molecule is Cn1c(=O)n(CC(=O)Nc2ccc(C(C)(C)C(=O)O)cc2)c2ccccc21. The van der Waals surface area contributed by atoms with Gasteiger partial charge in [-0.3, -0.25) is 18.7 Å². The number of benzene rings is 2. The Hall–Kier alpha value is -3.35. The van der Waals surface area contributed by atoms with E-state index in [0.717, 1.165) is 5.52 Å². The van der Waals surface area contributed by atoms with Gasteiger partial charge in [-0.25, -0.2) is 4.79 Å². The molecule has 1 aromatic heterocycles. The number of amides is 1. The Kier molecular flexibility index (Phi) is 4.61. The molecular formula is C20H21N3O4. The van der Waals surface area contributed by atoms with Crippen LogP contribution in [0, 0.1) is 0 Å². The number of carboxylic acids is 1. The average molecular weight is 367 g/mol. The summed E-state index contributed by atoms with van der Waals surface area (Å²) in [5, 5.41) is 12.0. The van der Waals surface area contributed by atoms with Crippen LogP contribution in [0.2, 0.25) is 0 Å². The zero-order valence-electron chi connectivity index (χ0n) is 15.4. The van der Waals surface area contributed by atoms with Crippen LogP contribution >= 0.6 is 0 Å². The number of aromatic nitrogens is 2. The van der Waals surface area contributed by atoms with Crippen molar-refractivity contribution in [1.29, 1.82) is 0 Å². The number of para-hydroxylation sites is 2. The van der Waals surface area contributed by atoms with E-state index in [1.54, 1.807) is 51.2 Å². The molecular weight excluding hydrogens is 346 g/mol. The van der Waals surface area contributed by atoms with Gasteiger partial charge in [0, 0.05) is 12.7 Å². The van der Waals surface area contributed by atoms with E-state index in [2.05, 4.69) is 5.32 Å². The van der Waals surface area contributed by atoms with E-state index < -0.39 is 11.4 Å². The number of aryl methyl sites for hydroxylation is 1. The number of aliphatic carboxylic acids is 1. The number of carboxylic acid groups (broad SMARTS) is 1. The molecule has 1 amide bonds. The number of rotatable bonds is 5. The third kappa shape index (κ3) is 3.36. The first-order chi connectivity index (χ1) is 12.7. The van der Waals surface area contributed by atoms with Gasteiger partial charge in [-0.1, -0.05) is 24.3 Å². The van der Waals surface area contributed by atoms with Gasteiger partial charge in [-0.05, 0) is 43.7 Å². The molecule has 0 radical (unpaired) electrons. The molecule has 0 bridgehead atoms. The van der Waals surface area contributed by atoms with Gasteiger partial charge in [0.25, 0.3) is 0 Å². The summed E-state index contributed by atoms with van der Waals surface area (Å²) in [6, 6.07) is 13.9.